The van der Waals surface area contributed by atoms with E-state index in [0.29, 0.717) is 0 Å². The average molecular weight is 241 g/mol. The predicted octanol–water partition coefficient (Wildman–Crippen LogP) is 4.04. The minimum Gasteiger partial charge on any atom is -0.308 e. The molecule has 0 spiro atoms. The van der Waals surface area contributed by atoms with Crippen molar-refractivity contribution in [3.63, 3.8) is 0 Å². The summed E-state index contributed by atoms with van der Waals surface area (Å²) in [6, 6.07) is 0. The zero-order chi connectivity index (χ0) is 11.2. The molecule has 2 heteroatoms. The molecule has 1 unspecified atom stereocenters. The van der Waals surface area contributed by atoms with E-state index in [1.165, 1.54) is 63.8 Å². The van der Waals surface area contributed by atoms with Crippen LogP contribution in [0.4, 0.5) is 0 Å². The normalized spacial score (nSPS) is 34.3. The van der Waals surface area contributed by atoms with Crippen molar-refractivity contribution in [2.45, 2.75) is 63.5 Å². The van der Waals surface area contributed by atoms with Gasteiger partial charge in [-0.05, 0) is 31.2 Å². The molecule has 0 aromatic rings. The van der Waals surface area contributed by atoms with Crippen LogP contribution in [0.1, 0.15) is 58.3 Å². The van der Waals surface area contributed by atoms with Gasteiger partial charge in [-0.2, -0.15) is 0 Å². The summed E-state index contributed by atoms with van der Waals surface area (Å²) in [4.78, 5) is 0. The molecule has 0 aromatic carbocycles. The predicted molar refractivity (Wildman–Crippen MR) is 73.8 cm³/mol. The Hall–Kier alpha value is 0.310. The molecule has 1 aliphatic heterocycles. The van der Waals surface area contributed by atoms with Crippen LogP contribution < -0.4 is 5.32 Å². The van der Waals surface area contributed by atoms with E-state index in [0.717, 1.165) is 17.1 Å². The number of thioether (sulfide) groups is 1. The molecule has 16 heavy (non-hydrogen) atoms. The Morgan fingerprint density at radius 2 is 1.81 bits per heavy atom. The maximum Gasteiger partial charge on any atom is 0.0420 e. The zero-order valence-corrected chi connectivity index (χ0v) is 11.5. The van der Waals surface area contributed by atoms with Gasteiger partial charge < -0.3 is 5.32 Å². The monoisotopic (exact) mass is 241 g/mol. The summed E-state index contributed by atoms with van der Waals surface area (Å²) >= 11 is 2.10. The zero-order valence-electron chi connectivity index (χ0n) is 10.7. The van der Waals surface area contributed by atoms with Gasteiger partial charge in [-0.25, -0.2) is 0 Å². The molecule has 1 N–H and O–H groups in total. The Morgan fingerprint density at radius 3 is 2.56 bits per heavy atom. The van der Waals surface area contributed by atoms with Crippen LogP contribution in [0.3, 0.4) is 0 Å². The fourth-order valence-electron chi connectivity index (χ4n) is 3.34. The Kier molecular flexibility index (Phi) is 5.51. The second kappa shape index (κ2) is 6.90. The molecule has 0 amide bonds. The Bertz CT molecular complexity index is 187. The summed E-state index contributed by atoms with van der Waals surface area (Å²) in [5.74, 6) is 3.17. The van der Waals surface area contributed by atoms with Gasteiger partial charge in [0.1, 0.15) is 0 Å². The van der Waals surface area contributed by atoms with Crippen molar-refractivity contribution in [2.75, 3.05) is 12.4 Å². The van der Waals surface area contributed by atoms with Crippen LogP contribution in [0, 0.1) is 11.8 Å². The highest BCUT2D eigenvalue weighted by molar-refractivity contribution is 7.99. The Labute approximate surface area is 105 Å². The lowest BCUT2D eigenvalue weighted by Gasteiger charge is -2.22. The van der Waals surface area contributed by atoms with Crippen LogP contribution in [-0.4, -0.2) is 17.7 Å². The van der Waals surface area contributed by atoms with E-state index < -0.39 is 0 Å². The van der Waals surface area contributed by atoms with Gasteiger partial charge in [0.25, 0.3) is 0 Å². The molecule has 0 bridgehead atoms. The van der Waals surface area contributed by atoms with Crippen LogP contribution in [0.15, 0.2) is 0 Å². The number of hydrogen-bond acceptors (Lipinski definition) is 2. The Balaban J connectivity index is 1.77. The fourth-order valence-corrected chi connectivity index (χ4v) is 4.26. The van der Waals surface area contributed by atoms with Crippen molar-refractivity contribution < 1.29 is 0 Å². The standard InChI is InChI=1S/C14H27NS/c1-12-8-14(10-15-11-16-12)9-13-6-4-2-3-5-7-13/h12-15H,2-11H2,1H3/t12-,14?/m1/s1. The van der Waals surface area contributed by atoms with E-state index in [1.807, 2.05) is 0 Å². The van der Waals surface area contributed by atoms with E-state index in [-0.39, 0.29) is 0 Å². The summed E-state index contributed by atoms with van der Waals surface area (Å²) in [6.07, 6.45) is 11.9. The van der Waals surface area contributed by atoms with Crippen LogP contribution in [0.25, 0.3) is 0 Å². The lowest BCUT2D eigenvalue weighted by atomic mass is 9.86. The van der Waals surface area contributed by atoms with Gasteiger partial charge in [0.2, 0.25) is 0 Å². The summed E-state index contributed by atoms with van der Waals surface area (Å²) in [7, 11) is 0. The second-order valence-corrected chi connectivity index (χ2v) is 7.20. The first-order chi connectivity index (χ1) is 7.84. The molecular weight excluding hydrogens is 214 g/mol. The summed E-state index contributed by atoms with van der Waals surface area (Å²) in [6.45, 7) is 3.67. The first-order valence-corrected chi connectivity index (χ1v) is 8.22. The lowest BCUT2D eigenvalue weighted by molar-refractivity contribution is 0.322. The van der Waals surface area contributed by atoms with Crippen molar-refractivity contribution in [2.24, 2.45) is 11.8 Å². The van der Waals surface area contributed by atoms with Crippen molar-refractivity contribution in [1.29, 1.82) is 0 Å². The van der Waals surface area contributed by atoms with Gasteiger partial charge >= 0.3 is 0 Å². The molecule has 2 aliphatic rings. The van der Waals surface area contributed by atoms with Crippen LogP contribution >= 0.6 is 11.8 Å². The van der Waals surface area contributed by atoms with Crippen LogP contribution in [0.2, 0.25) is 0 Å². The minimum atomic E-state index is 0.866. The molecule has 2 atom stereocenters. The molecule has 1 saturated carbocycles. The summed E-state index contributed by atoms with van der Waals surface area (Å²) in [5.41, 5.74) is 0. The van der Waals surface area contributed by atoms with Gasteiger partial charge in [0, 0.05) is 11.1 Å². The molecule has 1 saturated heterocycles. The molecule has 1 heterocycles. The maximum atomic E-state index is 3.60. The third-order valence-electron chi connectivity index (χ3n) is 4.21. The lowest BCUT2D eigenvalue weighted by Crippen LogP contribution is -2.22. The number of hydrogen-bond donors (Lipinski definition) is 1. The SMILES string of the molecule is C[C@@H]1CC(CC2CCCCCC2)CNCS1. The highest BCUT2D eigenvalue weighted by Crippen LogP contribution is 2.32. The molecule has 1 aliphatic carbocycles. The van der Waals surface area contributed by atoms with Crippen molar-refractivity contribution >= 4 is 11.8 Å². The van der Waals surface area contributed by atoms with Crippen LogP contribution in [0.5, 0.6) is 0 Å². The first-order valence-electron chi connectivity index (χ1n) is 7.17. The van der Waals surface area contributed by atoms with Crippen molar-refractivity contribution in [3.05, 3.63) is 0 Å². The molecule has 94 valence electrons. The van der Waals surface area contributed by atoms with Crippen molar-refractivity contribution in [1.82, 2.24) is 5.32 Å². The molecule has 2 rings (SSSR count). The van der Waals surface area contributed by atoms with Gasteiger partial charge in [-0.1, -0.05) is 45.4 Å². The second-order valence-electron chi connectivity index (χ2n) is 5.77. The molecule has 2 fully saturated rings. The first kappa shape index (κ1) is 12.8. The molecular formula is C14H27NS. The topological polar surface area (TPSA) is 12.0 Å². The Morgan fingerprint density at radius 1 is 1.06 bits per heavy atom. The molecule has 1 nitrogen and oxygen atoms in total. The van der Waals surface area contributed by atoms with E-state index in [4.69, 9.17) is 0 Å². The third kappa shape index (κ3) is 4.29. The van der Waals surface area contributed by atoms with Gasteiger partial charge in [-0.3, -0.25) is 0 Å². The van der Waals surface area contributed by atoms with Gasteiger partial charge in [-0.15, -0.1) is 11.8 Å². The molecule has 0 radical (unpaired) electrons. The van der Waals surface area contributed by atoms with Gasteiger partial charge in [0.15, 0.2) is 0 Å². The van der Waals surface area contributed by atoms with E-state index in [1.54, 1.807) is 0 Å². The third-order valence-corrected chi connectivity index (χ3v) is 5.34. The largest absolute Gasteiger partial charge is 0.308 e. The van der Waals surface area contributed by atoms with Crippen LogP contribution in [-0.2, 0) is 0 Å². The highest BCUT2D eigenvalue weighted by Gasteiger charge is 2.21. The minimum absolute atomic E-state index is 0.866. The maximum absolute atomic E-state index is 3.60. The number of nitrogens with one attached hydrogen (secondary N) is 1. The van der Waals surface area contributed by atoms with E-state index >= 15 is 0 Å². The van der Waals surface area contributed by atoms with Crippen molar-refractivity contribution in [3.8, 4) is 0 Å². The smallest absolute Gasteiger partial charge is 0.0420 e. The fraction of sp³-hybridized carbons (Fsp3) is 1.00. The number of rotatable bonds is 2. The van der Waals surface area contributed by atoms with E-state index in [9.17, 15) is 0 Å². The van der Waals surface area contributed by atoms with Gasteiger partial charge in [0.05, 0.1) is 0 Å². The quantitative estimate of drug-likeness (QED) is 0.732. The highest BCUT2D eigenvalue weighted by atomic mass is 32.2. The van der Waals surface area contributed by atoms with E-state index in [2.05, 4.69) is 24.0 Å². The summed E-state index contributed by atoms with van der Waals surface area (Å²) < 4.78 is 0. The molecule has 0 aromatic heterocycles. The average Bonchev–Trinajstić information content (AvgIpc) is 2.61. The summed E-state index contributed by atoms with van der Waals surface area (Å²) in [5, 5.41) is 4.46.